The molecule has 0 unspecified atom stereocenters. The Kier molecular flexibility index (Phi) is 4.96. The molecule has 0 aromatic heterocycles. The summed E-state index contributed by atoms with van der Waals surface area (Å²) >= 11 is 0. The van der Waals surface area contributed by atoms with Crippen LogP contribution in [0.2, 0.25) is 0 Å². The summed E-state index contributed by atoms with van der Waals surface area (Å²) in [5, 5.41) is 0. The lowest BCUT2D eigenvalue weighted by Crippen LogP contribution is -2.01. The van der Waals surface area contributed by atoms with Crippen molar-refractivity contribution in [1.29, 1.82) is 0 Å². The summed E-state index contributed by atoms with van der Waals surface area (Å²) in [4.78, 5) is 0. The lowest BCUT2D eigenvalue weighted by molar-refractivity contribution is -0.0498. The summed E-state index contributed by atoms with van der Waals surface area (Å²) < 4.78 is 28.0. The molecule has 0 radical (unpaired) electrons. The second-order valence-electron chi connectivity index (χ2n) is 3.10. The van der Waals surface area contributed by atoms with Crippen LogP contribution in [0, 0.1) is 11.8 Å². The minimum Gasteiger partial charge on any atom is -0.435 e. The van der Waals surface area contributed by atoms with Crippen LogP contribution in [0.4, 0.5) is 8.78 Å². The number of benzene rings is 1. The number of allylic oxidation sites excluding steroid dienone is 3. The van der Waals surface area contributed by atoms with E-state index in [2.05, 4.69) is 23.2 Å². The van der Waals surface area contributed by atoms with Crippen molar-refractivity contribution in [2.75, 3.05) is 0 Å². The smallest absolute Gasteiger partial charge is 0.387 e. The third-order valence-electron chi connectivity index (χ3n) is 1.96. The molecule has 0 heterocycles. The molecule has 88 valence electrons. The first-order valence-corrected chi connectivity index (χ1v) is 5.01. The number of hydrogen-bond acceptors (Lipinski definition) is 1. The van der Waals surface area contributed by atoms with Gasteiger partial charge in [0.05, 0.1) is 0 Å². The van der Waals surface area contributed by atoms with E-state index in [1.54, 1.807) is 18.2 Å². The Labute approximate surface area is 99.4 Å². The van der Waals surface area contributed by atoms with Crippen molar-refractivity contribution in [2.24, 2.45) is 0 Å². The molecule has 0 aliphatic rings. The van der Waals surface area contributed by atoms with Crippen LogP contribution in [0.25, 0.3) is 0 Å². The van der Waals surface area contributed by atoms with Crippen LogP contribution in [0.3, 0.4) is 0 Å². The van der Waals surface area contributed by atoms with Crippen molar-refractivity contribution in [2.45, 2.75) is 13.5 Å². The zero-order chi connectivity index (χ0) is 12.7. The first-order chi connectivity index (χ1) is 8.15. The fraction of sp³-hybridized carbons (Fsp3) is 0.143. The zero-order valence-electron chi connectivity index (χ0n) is 9.41. The third-order valence-corrected chi connectivity index (χ3v) is 1.96. The van der Waals surface area contributed by atoms with E-state index in [1.807, 2.05) is 13.0 Å². The summed E-state index contributed by atoms with van der Waals surface area (Å²) in [5.41, 5.74) is 1.55. The Bertz CT molecular complexity index is 461. The predicted molar refractivity (Wildman–Crippen MR) is 63.9 cm³/mol. The van der Waals surface area contributed by atoms with Gasteiger partial charge in [0, 0.05) is 11.1 Å². The van der Waals surface area contributed by atoms with Crippen molar-refractivity contribution < 1.29 is 13.5 Å². The molecular weight excluding hydrogens is 222 g/mol. The molecule has 0 fully saturated rings. The predicted octanol–water partition coefficient (Wildman–Crippen LogP) is 3.77. The molecule has 0 bridgehead atoms. The van der Waals surface area contributed by atoms with Crippen LogP contribution in [-0.4, -0.2) is 6.61 Å². The van der Waals surface area contributed by atoms with Gasteiger partial charge in [0.2, 0.25) is 0 Å². The van der Waals surface area contributed by atoms with Gasteiger partial charge >= 0.3 is 6.61 Å². The van der Waals surface area contributed by atoms with Gasteiger partial charge in [-0.2, -0.15) is 8.78 Å². The van der Waals surface area contributed by atoms with Gasteiger partial charge < -0.3 is 4.74 Å². The fourth-order valence-corrected chi connectivity index (χ4v) is 1.11. The highest BCUT2D eigenvalue weighted by atomic mass is 19.3. The SMILES string of the molecule is C=C/C(C#Cc1ccc(OC(F)F)cc1)=C\C. The average molecular weight is 234 g/mol. The number of rotatable bonds is 3. The number of hydrogen-bond donors (Lipinski definition) is 0. The Balaban J connectivity index is 2.78. The second kappa shape index (κ2) is 6.49. The lowest BCUT2D eigenvalue weighted by atomic mass is 10.2. The van der Waals surface area contributed by atoms with E-state index < -0.39 is 6.61 Å². The quantitative estimate of drug-likeness (QED) is 0.571. The first-order valence-electron chi connectivity index (χ1n) is 5.01. The van der Waals surface area contributed by atoms with Gasteiger partial charge in [-0.25, -0.2) is 0 Å². The Hall–Kier alpha value is -2.08. The maximum Gasteiger partial charge on any atom is 0.387 e. The van der Waals surface area contributed by atoms with E-state index in [0.717, 1.165) is 11.1 Å². The fourth-order valence-electron chi connectivity index (χ4n) is 1.11. The van der Waals surface area contributed by atoms with Gasteiger partial charge in [0.1, 0.15) is 5.75 Å². The van der Waals surface area contributed by atoms with Gasteiger partial charge in [-0.1, -0.05) is 30.6 Å². The first kappa shape index (κ1) is 13.0. The van der Waals surface area contributed by atoms with Crippen LogP contribution >= 0.6 is 0 Å². The zero-order valence-corrected chi connectivity index (χ0v) is 9.41. The summed E-state index contributed by atoms with van der Waals surface area (Å²) in [7, 11) is 0. The van der Waals surface area contributed by atoms with Crippen molar-refractivity contribution >= 4 is 0 Å². The van der Waals surface area contributed by atoms with Gasteiger partial charge in [0.15, 0.2) is 0 Å². The molecule has 0 saturated heterocycles. The third kappa shape index (κ3) is 4.52. The van der Waals surface area contributed by atoms with E-state index >= 15 is 0 Å². The molecule has 17 heavy (non-hydrogen) atoms. The molecule has 1 nitrogen and oxygen atoms in total. The van der Waals surface area contributed by atoms with E-state index in [4.69, 9.17) is 0 Å². The van der Waals surface area contributed by atoms with Gasteiger partial charge in [-0.3, -0.25) is 0 Å². The maximum atomic E-state index is 11.9. The highest BCUT2D eigenvalue weighted by Crippen LogP contribution is 2.14. The molecule has 3 heteroatoms. The molecule has 0 aliphatic carbocycles. The number of halogens is 2. The second-order valence-corrected chi connectivity index (χ2v) is 3.10. The molecular formula is C14H12F2O. The Morgan fingerprint density at radius 1 is 1.35 bits per heavy atom. The summed E-state index contributed by atoms with van der Waals surface area (Å²) in [5.74, 6) is 5.92. The largest absolute Gasteiger partial charge is 0.435 e. The van der Waals surface area contributed by atoms with Crippen LogP contribution in [0.5, 0.6) is 5.75 Å². The number of alkyl halides is 2. The molecule has 1 aromatic carbocycles. The average Bonchev–Trinajstić information content (AvgIpc) is 2.32. The Morgan fingerprint density at radius 2 is 2.00 bits per heavy atom. The minimum atomic E-state index is -2.80. The molecule has 1 rings (SSSR count). The summed E-state index contributed by atoms with van der Waals surface area (Å²) in [6.45, 7) is 2.68. The van der Waals surface area contributed by atoms with Gasteiger partial charge in [0.25, 0.3) is 0 Å². The van der Waals surface area contributed by atoms with Crippen molar-refractivity contribution in [3.63, 3.8) is 0 Å². The van der Waals surface area contributed by atoms with Crippen LogP contribution in [0.15, 0.2) is 48.6 Å². The van der Waals surface area contributed by atoms with E-state index in [0.29, 0.717) is 0 Å². The van der Waals surface area contributed by atoms with E-state index in [1.165, 1.54) is 12.1 Å². The molecule has 0 N–H and O–H groups in total. The van der Waals surface area contributed by atoms with Gasteiger partial charge in [-0.05, 0) is 31.2 Å². The molecule has 0 aliphatic heterocycles. The van der Waals surface area contributed by atoms with E-state index in [9.17, 15) is 8.78 Å². The standard InChI is InChI=1S/C14H12F2O/c1-3-11(4-2)5-6-12-7-9-13(10-8-12)17-14(15)16/h3-4,7-10,14H,1H2,2H3/b11-4+. The molecule has 0 spiro atoms. The van der Waals surface area contributed by atoms with Crippen LogP contribution in [0.1, 0.15) is 12.5 Å². The normalized spacial score (nSPS) is 10.7. The van der Waals surface area contributed by atoms with Crippen molar-refractivity contribution in [1.82, 2.24) is 0 Å². The molecule has 0 amide bonds. The van der Waals surface area contributed by atoms with E-state index in [-0.39, 0.29) is 5.75 Å². The highest BCUT2D eigenvalue weighted by Gasteiger charge is 2.02. The lowest BCUT2D eigenvalue weighted by Gasteiger charge is -2.02. The molecule has 1 aromatic rings. The van der Waals surface area contributed by atoms with Crippen LogP contribution in [-0.2, 0) is 0 Å². The monoisotopic (exact) mass is 234 g/mol. The van der Waals surface area contributed by atoms with Crippen molar-refractivity contribution in [3.05, 3.63) is 54.1 Å². The summed E-state index contributed by atoms with van der Waals surface area (Å²) in [6.07, 6.45) is 3.50. The molecule has 0 atom stereocenters. The van der Waals surface area contributed by atoms with Crippen LogP contribution < -0.4 is 4.74 Å². The maximum absolute atomic E-state index is 11.9. The molecule has 0 saturated carbocycles. The van der Waals surface area contributed by atoms with Crippen molar-refractivity contribution in [3.8, 4) is 17.6 Å². The number of ether oxygens (including phenoxy) is 1. The topological polar surface area (TPSA) is 9.23 Å². The minimum absolute atomic E-state index is 0.125. The van der Waals surface area contributed by atoms with Gasteiger partial charge in [-0.15, -0.1) is 0 Å². The Morgan fingerprint density at radius 3 is 2.47 bits per heavy atom. The summed E-state index contributed by atoms with van der Waals surface area (Å²) in [6, 6.07) is 6.17. The highest BCUT2D eigenvalue weighted by molar-refractivity contribution is 5.45.